The molecular formula is C14H14N2O2. The van der Waals surface area contributed by atoms with Crippen LogP contribution in [0.5, 0.6) is 0 Å². The van der Waals surface area contributed by atoms with Gasteiger partial charge in [-0.25, -0.2) is 5.06 Å². The lowest BCUT2D eigenvalue weighted by Crippen LogP contribution is -2.34. The van der Waals surface area contributed by atoms with E-state index >= 15 is 0 Å². The third-order valence-electron chi connectivity index (χ3n) is 2.71. The number of nitriles is 1. The minimum Gasteiger partial charge on any atom is -0.271 e. The molecule has 0 unspecified atom stereocenters. The second kappa shape index (κ2) is 5.99. The van der Waals surface area contributed by atoms with Crippen molar-refractivity contribution in [2.24, 2.45) is 0 Å². The van der Waals surface area contributed by atoms with E-state index < -0.39 is 0 Å². The van der Waals surface area contributed by atoms with Crippen molar-refractivity contribution in [1.29, 1.82) is 5.26 Å². The van der Waals surface area contributed by atoms with Gasteiger partial charge in [-0.05, 0) is 36.6 Å². The van der Waals surface area contributed by atoms with Crippen molar-refractivity contribution in [2.45, 2.75) is 12.8 Å². The summed E-state index contributed by atoms with van der Waals surface area (Å²) in [6.07, 6.45) is 5.20. The molecule has 4 heteroatoms. The van der Waals surface area contributed by atoms with Gasteiger partial charge in [-0.2, -0.15) is 5.26 Å². The van der Waals surface area contributed by atoms with Crippen LogP contribution in [0, 0.1) is 11.3 Å². The first kappa shape index (κ1) is 12.3. The van der Waals surface area contributed by atoms with E-state index in [1.807, 2.05) is 0 Å². The SMILES string of the molecule is N#Cc1ccc(/C=C/C(=O)N2CCCCO2)cc1. The number of benzene rings is 1. The second-order valence-corrected chi connectivity index (χ2v) is 4.05. The maximum Gasteiger partial charge on any atom is 0.270 e. The predicted octanol–water partition coefficient (Wildman–Crippen LogP) is 2.13. The van der Waals surface area contributed by atoms with Gasteiger partial charge in [0.1, 0.15) is 0 Å². The topological polar surface area (TPSA) is 53.3 Å². The Bertz CT molecular complexity index is 480. The van der Waals surface area contributed by atoms with Crippen LogP contribution < -0.4 is 0 Å². The van der Waals surface area contributed by atoms with E-state index in [9.17, 15) is 4.79 Å². The van der Waals surface area contributed by atoms with Crippen molar-refractivity contribution < 1.29 is 9.63 Å². The van der Waals surface area contributed by atoms with Gasteiger partial charge in [0.25, 0.3) is 5.91 Å². The largest absolute Gasteiger partial charge is 0.271 e. The Morgan fingerprint density at radius 2 is 2.11 bits per heavy atom. The molecular weight excluding hydrogens is 228 g/mol. The summed E-state index contributed by atoms with van der Waals surface area (Å²) in [6.45, 7) is 1.26. The highest BCUT2D eigenvalue weighted by Gasteiger charge is 2.14. The van der Waals surface area contributed by atoms with Crippen molar-refractivity contribution in [2.75, 3.05) is 13.2 Å². The number of amides is 1. The fourth-order valence-electron chi connectivity index (χ4n) is 1.69. The standard InChI is InChI=1S/C14H14N2O2/c15-11-13-5-3-12(4-6-13)7-8-14(17)16-9-1-2-10-18-16/h3-8H,1-2,9-10H2/b8-7+. The number of carbonyl (C=O) groups is 1. The van der Waals surface area contributed by atoms with Crippen molar-refractivity contribution in [3.8, 4) is 6.07 Å². The molecule has 1 aromatic carbocycles. The molecule has 2 rings (SSSR count). The van der Waals surface area contributed by atoms with Crippen LogP contribution in [0.15, 0.2) is 30.3 Å². The van der Waals surface area contributed by atoms with Gasteiger partial charge < -0.3 is 0 Å². The molecule has 92 valence electrons. The summed E-state index contributed by atoms with van der Waals surface area (Å²) in [7, 11) is 0. The number of hydrogen-bond donors (Lipinski definition) is 0. The van der Waals surface area contributed by atoms with Crippen LogP contribution >= 0.6 is 0 Å². The average molecular weight is 242 g/mol. The van der Waals surface area contributed by atoms with Gasteiger partial charge in [0, 0.05) is 12.6 Å². The summed E-state index contributed by atoms with van der Waals surface area (Å²) in [5, 5.41) is 10.1. The Morgan fingerprint density at radius 1 is 1.33 bits per heavy atom. The normalized spacial score (nSPS) is 15.6. The zero-order valence-electron chi connectivity index (χ0n) is 10.0. The Morgan fingerprint density at radius 3 is 2.72 bits per heavy atom. The molecule has 0 bridgehead atoms. The highest BCUT2D eigenvalue weighted by atomic mass is 16.7. The minimum atomic E-state index is -0.140. The van der Waals surface area contributed by atoms with E-state index in [-0.39, 0.29) is 5.91 Å². The van der Waals surface area contributed by atoms with Crippen LogP contribution in [0.1, 0.15) is 24.0 Å². The number of nitrogens with zero attached hydrogens (tertiary/aromatic N) is 2. The summed E-state index contributed by atoms with van der Waals surface area (Å²) >= 11 is 0. The Labute approximate surface area is 106 Å². The van der Waals surface area contributed by atoms with E-state index in [4.69, 9.17) is 10.1 Å². The lowest BCUT2D eigenvalue weighted by molar-refractivity contribution is -0.191. The van der Waals surface area contributed by atoms with Crippen molar-refractivity contribution in [3.05, 3.63) is 41.5 Å². The van der Waals surface area contributed by atoms with Crippen LogP contribution in [0.4, 0.5) is 0 Å². The fourth-order valence-corrected chi connectivity index (χ4v) is 1.69. The van der Waals surface area contributed by atoms with E-state index in [0.29, 0.717) is 18.7 Å². The van der Waals surface area contributed by atoms with Gasteiger partial charge in [-0.1, -0.05) is 12.1 Å². The number of rotatable bonds is 2. The number of hydrogen-bond acceptors (Lipinski definition) is 3. The van der Waals surface area contributed by atoms with Crippen LogP contribution in [0.3, 0.4) is 0 Å². The summed E-state index contributed by atoms with van der Waals surface area (Å²) in [4.78, 5) is 17.0. The van der Waals surface area contributed by atoms with Crippen molar-refractivity contribution in [3.63, 3.8) is 0 Å². The van der Waals surface area contributed by atoms with E-state index in [1.165, 1.54) is 11.1 Å². The van der Waals surface area contributed by atoms with Crippen LogP contribution in [-0.2, 0) is 9.63 Å². The summed E-state index contributed by atoms with van der Waals surface area (Å²) in [5.41, 5.74) is 1.50. The van der Waals surface area contributed by atoms with Crippen LogP contribution in [-0.4, -0.2) is 24.1 Å². The molecule has 4 nitrogen and oxygen atoms in total. The number of hydroxylamine groups is 2. The second-order valence-electron chi connectivity index (χ2n) is 4.05. The van der Waals surface area contributed by atoms with Crippen molar-refractivity contribution in [1.82, 2.24) is 5.06 Å². The van der Waals surface area contributed by atoms with E-state index in [1.54, 1.807) is 30.3 Å². The van der Waals surface area contributed by atoms with Gasteiger partial charge in [0.2, 0.25) is 0 Å². The maximum absolute atomic E-state index is 11.8. The molecule has 0 radical (unpaired) electrons. The molecule has 0 atom stereocenters. The lowest BCUT2D eigenvalue weighted by Gasteiger charge is -2.24. The molecule has 0 aromatic heterocycles. The lowest BCUT2D eigenvalue weighted by atomic mass is 10.1. The molecule has 1 fully saturated rings. The molecule has 0 aliphatic carbocycles. The summed E-state index contributed by atoms with van der Waals surface area (Å²) < 4.78 is 0. The smallest absolute Gasteiger partial charge is 0.270 e. The fraction of sp³-hybridized carbons (Fsp3) is 0.286. The summed E-state index contributed by atoms with van der Waals surface area (Å²) in [6, 6.07) is 9.11. The van der Waals surface area contributed by atoms with Gasteiger partial charge in [-0.3, -0.25) is 9.63 Å². The quantitative estimate of drug-likeness (QED) is 0.746. The molecule has 0 saturated carbocycles. The Hall–Kier alpha value is -2.12. The third-order valence-corrected chi connectivity index (χ3v) is 2.71. The first-order valence-electron chi connectivity index (χ1n) is 5.92. The highest BCUT2D eigenvalue weighted by molar-refractivity contribution is 5.91. The predicted molar refractivity (Wildman–Crippen MR) is 67.1 cm³/mol. The monoisotopic (exact) mass is 242 g/mol. The van der Waals surface area contributed by atoms with Crippen LogP contribution in [0.2, 0.25) is 0 Å². The summed E-state index contributed by atoms with van der Waals surface area (Å²) in [5.74, 6) is -0.140. The molecule has 0 N–H and O–H groups in total. The molecule has 1 aliphatic rings. The van der Waals surface area contributed by atoms with Gasteiger partial charge in [0.05, 0.1) is 18.2 Å². The Kier molecular flexibility index (Phi) is 4.11. The minimum absolute atomic E-state index is 0.140. The molecule has 1 heterocycles. The van der Waals surface area contributed by atoms with Gasteiger partial charge >= 0.3 is 0 Å². The average Bonchev–Trinajstić information content (AvgIpc) is 2.46. The first-order valence-corrected chi connectivity index (χ1v) is 5.92. The van der Waals surface area contributed by atoms with Gasteiger partial charge in [-0.15, -0.1) is 0 Å². The van der Waals surface area contributed by atoms with Gasteiger partial charge in [0.15, 0.2) is 0 Å². The Balaban J connectivity index is 1.96. The molecule has 1 saturated heterocycles. The molecule has 1 amide bonds. The highest BCUT2D eigenvalue weighted by Crippen LogP contribution is 2.09. The maximum atomic E-state index is 11.8. The van der Waals surface area contributed by atoms with E-state index in [0.717, 1.165) is 18.4 Å². The third kappa shape index (κ3) is 3.19. The number of carbonyl (C=O) groups excluding carboxylic acids is 1. The van der Waals surface area contributed by atoms with Crippen LogP contribution in [0.25, 0.3) is 6.08 Å². The molecule has 1 aliphatic heterocycles. The first-order chi connectivity index (χ1) is 8.79. The van der Waals surface area contributed by atoms with Crippen molar-refractivity contribution >= 4 is 12.0 Å². The molecule has 1 aromatic rings. The molecule has 18 heavy (non-hydrogen) atoms. The van der Waals surface area contributed by atoms with E-state index in [2.05, 4.69) is 6.07 Å². The molecule has 0 spiro atoms. The zero-order chi connectivity index (χ0) is 12.8. The zero-order valence-corrected chi connectivity index (χ0v) is 10.0.